The fraction of sp³-hybridized carbons (Fsp3) is 0.207. The van der Waals surface area contributed by atoms with E-state index in [1.807, 2.05) is 31.2 Å². The molecule has 3 heterocycles. The SMILES string of the molecule is Cc1ccc(COc2ccc(Cl)cc2C2c3sc(=O)[nH]c3SC3C(=O)N(c4cccc(C(F)(F)F)c4)C(=O)C32)cc1. The number of alkyl halides is 3. The molecule has 6 rings (SSSR count). The third-order valence-electron chi connectivity index (χ3n) is 7.08. The van der Waals surface area contributed by atoms with Gasteiger partial charge in [0.25, 0.3) is 0 Å². The van der Waals surface area contributed by atoms with E-state index in [9.17, 15) is 27.6 Å². The molecule has 1 fully saturated rings. The van der Waals surface area contributed by atoms with E-state index in [-0.39, 0.29) is 17.2 Å². The van der Waals surface area contributed by atoms with Gasteiger partial charge >= 0.3 is 11.0 Å². The molecule has 3 atom stereocenters. The molecule has 210 valence electrons. The number of anilines is 1. The van der Waals surface area contributed by atoms with Gasteiger partial charge in [0.1, 0.15) is 17.6 Å². The maximum Gasteiger partial charge on any atom is 0.416 e. The Morgan fingerprint density at radius 3 is 2.49 bits per heavy atom. The monoisotopic (exact) mass is 616 g/mol. The quantitative estimate of drug-likeness (QED) is 0.250. The van der Waals surface area contributed by atoms with Crippen LogP contribution in [0.4, 0.5) is 18.9 Å². The van der Waals surface area contributed by atoms with Crippen LogP contribution in [0.1, 0.15) is 33.0 Å². The molecule has 0 aliphatic carbocycles. The van der Waals surface area contributed by atoms with E-state index in [2.05, 4.69) is 4.98 Å². The van der Waals surface area contributed by atoms with Crippen molar-refractivity contribution in [3.63, 3.8) is 0 Å². The van der Waals surface area contributed by atoms with Gasteiger partial charge in [-0.25, -0.2) is 4.90 Å². The molecule has 2 amide bonds. The van der Waals surface area contributed by atoms with Crippen molar-refractivity contribution in [2.45, 2.75) is 35.9 Å². The molecule has 2 aliphatic rings. The first-order valence-electron chi connectivity index (χ1n) is 12.4. The molecule has 2 aliphatic heterocycles. The van der Waals surface area contributed by atoms with Crippen molar-refractivity contribution in [1.82, 2.24) is 4.98 Å². The minimum absolute atomic E-state index is 0.164. The highest BCUT2D eigenvalue weighted by Crippen LogP contribution is 2.55. The van der Waals surface area contributed by atoms with Gasteiger partial charge in [0.05, 0.1) is 22.2 Å². The van der Waals surface area contributed by atoms with Gasteiger partial charge in [-0.1, -0.05) is 70.6 Å². The fourth-order valence-corrected chi connectivity index (χ4v) is 7.85. The summed E-state index contributed by atoms with van der Waals surface area (Å²) in [6.07, 6.45) is -4.65. The number of imide groups is 1. The number of thioether (sulfide) groups is 1. The van der Waals surface area contributed by atoms with E-state index in [0.29, 0.717) is 26.2 Å². The van der Waals surface area contributed by atoms with Crippen LogP contribution in [0.25, 0.3) is 0 Å². The van der Waals surface area contributed by atoms with E-state index in [4.69, 9.17) is 16.3 Å². The highest BCUT2D eigenvalue weighted by molar-refractivity contribution is 8.00. The first-order chi connectivity index (χ1) is 19.5. The number of ether oxygens (including phenoxy) is 1. The van der Waals surface area contributed by atoms with E-state index >= 15 is 0 Å². The van der Waals surface area contributed by atoms with Crippen LogP contribution in [0.15, 0.2) is 76.6 Å². The Labute approximate surface area is 245 Å². The van der Waals surface area contributed by atoms with Gasteiger partial charge in [0, 0.05) is 21.4 Å². The topological polar surface area (TPSA) is 79.5 Å². The van der Waals surface area contributed by atoms with E-state index in [1.54, 1.807) is 18.2 Å². The first kappa shape index (κ1) is 27.6. The lowest BCUT2D eigenvalue weighted by Gasteiger charge is -2.31. The van der Waals surface area contributed by atoms with Gasteiger partial charge in [-0.3, -0.25) is 14.4 Å². The van der Waals surface area contributed by atoms with Crippen molar-refractivity contribution < 1.29 is 27.5 Å². The predicted octanol–water partition coefficient (Wildman–Crippen LogP) is 6.79. The molecule has 4 aromatic rings. The number of halogens is 4. The van der Waals surface area contributed by atoms with Crippen molar-refractivity contribution in [2.75, 3.05) is 4.90 Å². The molecule has 41 heavy (non-hydrogen) atoms. The van der Waals surface area contributed by atoms with Gasteiger partial charge in [0.2, 0.25) is 11.8 Å². The number of hydrogen-bond acceptors (Lipinski definition) is 6. The van der Waals surface area contributed by atoms with Crippen LogP contribution in [-0.2, 0) is 22.4 Å². The van der Waals surface area contributed by atoms with Crippen molar-refractivity contribution in [3.05, 3.63) is 109 Å². The first-order valence-corrected chi connectivity index (χ1v) is 14.5. The Hall–Kier alpha value is -3.54. The summed E-state index contributed by atoms with van der Waals surface area (Å²) in [5.74, 6) is -2.72. The fourth-order valence-electron chi connectivity index (χ4n) is 5.17. The Balaban J connectivity index is 1.43. The summed E-state index contributed by atoms with van der Waals surface area (Å²) >= 11 is 8.35. The zero-order valence-electron chi connectivity index (χ0n) is 21.2. The number of aromatic nitrogens is 1. The van der Waals surface area contributed by atoms with Gasteiger partial charge in [-0.05, 0) is 48.9 Å². The van der Waals surface area contributed by atoms with Crippen molar-refractivity contribution in [3.8, 4) is 5.75 Å². The zero-order chi connectivity index (χ0) is 29.1. The van der Waals surface area contributed by atoms with Crippen molar-refractivity contribution >= 4 is 52.2 Å². The number of H-pyrrole nitrogens is 1. The molecule has 0 radical (unpaired) electrons. The Kier molecular flexibility index (Phi) is 6.99. The van der Waals surface area contributed by atoms with Crippen LogP contribution in [0.3, 0.4) is 0 Å². The standard InChI is InChI=1S/C29H20ClF3N2O4S2/c1-14-5-7-15(8-6-14)13-39-20-10-9-17(30)12-19(20)21-22-24(40-25-23(21)41-28(38)34-25)27(37)35(26(22)36)18-4-2-3-16(11-18)29(31,32)33/h2-12,21-22,24H,13H2,1H3,(H,34,38). The highest BCUT2D eigenvalue weighted by Gasteiger charge is 2.57. The average molecular weight is 617 g/mol. The molecule has 3 aromatic carbocycles. The summed E-state index contributed by atoms with van der Waals surface area (Å²) in [4.78, 5) is 43.8. The molecular formula is C29H20ClF3N2O4S2. The molecule has 3 unspecified atom stereocenters. The minimum atomic E-state index is -4.65. The highest BCUT2D eigenvalue weighted by atomic mass is 35.5. The van der Waals surface area contributed by atoms with Gasteiger partial charge in [0.15, 0.2) is 0 Å². The third-order valence-corrected chi connectivity index (χ3v) is 9.71. The Morgan fingerprint density at radius 2 is 1.76 bits per heavy atom. The summed E-state index contributed by atoms with van der Waals surface area (Å²) in [7, 11) is 0. The average Bonchev–Trinajstić information content (AvgIpc) is 3.42. The lowest BCUT2D eigenvalue weighted by Crippen LogP contribution is -2.32. The van der Waals surface area contributed by atoms with Crippen LogP contribution in [0, 0.1) is 12.8 Å². The number of thiazole rings is 1. The van der Waals surface area contributed by atoms with Crippen molar-refractivity contribution in [1.29, 1.82) is 0 Å². The zero-order valence-corrected chi connectivity index (χ0v) is 23.6. The van der Waals surface area contributed by atoms with Crippen LogP contribution in [-0.4, -0.2) is 22.0 Å². The lowest BCUT2D eigenvalue weighted by molar-refractivity contribution is -0.137. The van der Waals surface area contributed by atoms with E-state index in [0.717, 1.165) is 57.3 Å². The van der Waals surface area contributed by atoms with Gasteiger partial charge < -0.3 is 9.72 Å². The smallest absolute Gasteiger partial charge is 0.416 e. The molecule has 0 bridgehead atoms. The molecule has 1 saturated heterocycles. The maximum absolute atomic E-state index is 14.0. The molecule has 0 spiro atoms. The summed E-state index contributed by atoms with van der Waals surface area (Å²) < 4.78 is 46.5. The normalized spacial score (nSPS) is 20.2. The number of nitrogens with one attached hydrogen (secondary N) is 1. The number of aryl methyl sites for hydroxylation is 1. The second-order valence-electron chi connectivity index (χ2n) is 9.77. The minimum Gasteiger partial charge on any atom is -0.489 e. The summed E-state index contributed by atoms with van der Waals surface area (Å²) in [5, 5.41) is -0.195. The second-order valence-corrected chi connectivity index (χ2v) is 12.4. The largest absolute Gasteiger partial charge is 0.489 e. The number of rotatable bonds is 5. The number of carbonyl (C=O) groups excluding carboxylic acids is 2. The summed E-state index contributed by atoms with van der Waals surface area (Å²) in [5.41, 5.74) is 1.37. The van der Waals surface area contributed by atoms with Crippen LogP contribution in [0.5, 0.6) is 5.75 Å². The van der Waals surface area contributed by atoms with Crippen LogP contribution < -0.4 is 14.5 Å². The summed E-state index contributed by atoms with van der Waals surface area (Å²) in [6, 6.07) is 16.9. The number of hydrogen-bond donors (Lipinski definition) is 1. The number of carbonyl (C=O) groups is 2. The Morgan fingerprint density at radius 1 is 1.00 bits per heavy atom. The number of benzene rings is 3. The predicted molar refractivity (Wildman–Crippen MR) is 151 cm³/mol. The second kappa shape index (κ2) is 10.4. The van der Waals surface area contributed by atoms with Crippen LogP contribution in [0.2, 0.25) is 5.02 Å². The van der Waals surface area contributed by atoms with Crippen LogP contribution >= 0.6 is 34.7 Å². The molecule has 0 saturated carbocycles. The molecule has 1 aromatic heterocycles. The number of fused-ring (bicyclic) bond motifs is 2. The molecular weight excluding hydrogens is 597 g/mol. The van der Waals surface area contributed by atoms with Gasteiger partial charge in [-0.2, -0.15) is 13.2 Å². The van der Waals surface area contributed by atoms with E-state index < -0.39 is 40.6 Å². The summed E-state index contributed by atoms with van der Waals surface area (Å²) in [6.45, 7) is 2.19. The van der Waals surface area contributed by atoms with E-state index in [1.165, 1.54) is 6.07 Å². The third kappa shape index (κ3) is 5.06. The number of aromatic amines is 1. The molecule has 12 heteroatoms. The van der Waals surface area contributed by atoms with Crippen molar-refractivity contribution in [2.24, 2.45) is 5.92 Å². The number of nitrogens with zero attached hydrogens (tertiary/aromatic N) is 1. The Bertz CT molecular complexity index is 1740. The maximum atomic E-state index is 14.0. The lowest BCUT2D eigenvalue weighted by atomic mass is 9.82. The molecule has 1 N–H and O–H groups in total. The molecule has 6 nitrogen and oxygen atoms in total. The number of amides is 2. The van der Waals surface area contributed by atoms with Gasteiger partial charge in [-0.15, -0.1) is 0 Å².